The fourth-order valence-electron chi connectivity index (χ4n) is 4.55. The standard InChI is InChI=1S/C32H32ClN2O/c1-22-17-23(2)31(24(3)18-22)15-16-35-32(36)29-6-4-5-28(19-29)27-11-7-25(8-12-27)20-34-21-26-9-13-30(33)14-10-26/h4-14,17-19H,15-16,20-21H2,1-3H3,(H,35,36). The first-order chi connectivity index (χ1) is 17.4. The molecule has 0 saturated heterocycles. The zero-order valence-corrected chi connectivity index (χ0v) is 21.9. The van der Waals surface area contributed by atoms with Gasteiger partial charge in [0.25, 0.3) is 5.91 Å². The molecule has 4 rings (SSSR count). The molecule has 0 bridgehead atoms. The first-order valence-corrected chi connectivity index (χ1v) is 12.7. The molecule has 0 aromatic heterocycles. The van der Waals surface area contributed by atoms with Gasteiger partial charge in [-0.3, -0.25) is 4.79 Å². The minimum absolute atomic E-state index is 0.0445. The van der Waals surface area contributed by atoms with E-state index in [1.807, 2.05) is 48.5 Å². The van der Waals surface area contributed by atoms with Crippen molar-refractivity contribution in [2.75, 3.05) is 6.54 Å². The summed E-state index contributed by atoms with van der Waals surface area (Å²) in [5.74, 6) is -0.0445. The van der Waals surface area contributed by atoms with Crippen LogP contribution in [0.25, 0.3) is 11.1 Å². The Hall–Kier alpha value is -3.40. The Labute approximate surface area is 219 Å². The first kappa shape index (κ1) is 25.7. The van der Waals surface area contributed by atoms with Crippen molar-refractivity contribution in [3.63, 3.8) is 0 Å². The van der Waals surface area contributed by atoms with Gasteiger partial charge in [0.05, 0.1) is 0 Å². The number of hydrogen-bond acceptors (Lipinski definition) is 1. The van der Waals surface area contributed by atoms with Gasteiger partial charge in [-0.2, -0.15) is 0 Å². The van der Waals surface area contributed by atoms with Gasteiger partial charge in [-0.15, -0.1) is 0 Å². The smallest absolute Gasteiger partial charge is 0.251 e. The summed E-state index contributed by atoms with van der Waals surface area (Å²) < 4.78 is 0. The molecule has 1 N–H and O–H groups in total. The Bertz CT molecular complexity index is 1300. The Morgan fingerprint density at radius 1 is 0.778 bits per heavy atom. The number of aryl methyl sites for hydroxylation is 3. The van der Waals surface area contributed by atoms with Gasteiger partial charge < -0.3 is 5.32 Å². The van der Waals surface area contributed by atoms with Crippen LogP contribution in [-0.2, 0) is 19.5 Å². The fraction of sp³-hybridized carbons (Fsp3) is 0.219. The maximum absolute atomic E-state index is 12.8. The van der Waals surface area contributed by atoms with Gasteiger partial charge in [0.2, 0.25) is 0 Å². The minimum atomic E-state index is -0.0445. The van der Waals surface area contributed by atoms with Gasteiger partial charge in [-0.05, 0) is 90.4 Å². The van der Waals surface area contributed by atoms with E-state index >= 15 is 0 Å². The summed E-state index contributed by atoms with van der Waals surface area (Å²) in [4.78, 5) is 12.8. The van der Waals surface area contributed by atoms with Crippen molar-refractivity contribution in [1.29, 1.82) is 0 Å². The van der Waals surface area contributed by atoms with Crippen molar-refractivity contribution in [2.24, 2.45) is 0 Å². The molecule has 4 aromatic carbocycles. The number of halogens is 1. The second-order valence-corrected chi connectivity index (χ2v) is 9.76. The van der Waals surface area contributed by atoms with Gasteiger partial charge in [0.15, 0.2) is 0 Å². The largest absolute Gasteiger partial charge is 0.352 e. The summed E-state index contributed by atoms with van der Waals surface area (Å²) in [6.07, 6.45) is 0.827. The number of carbonyl (C=O) groups excluding carboxylic acids is 1. The van der Waals surface area contributed by atoms with Crippen LogP contribution in [0.5, 0.6) is 0 Å². The van der Waals surface area contributed by atoms with Crippen molar-refractivity contribution in [3.05, 3.63) is 129 Å². The summed E-state index contributed by atoms with van der Waals surface area (Å²) in [5.41, 5.74) is 10.2. The lowest BCUT2D eigenvalue weighted by atomic mass is 9.97. The van der Waals surface area contributed by atoms with Crippen LogP contribution < -0.4 is 10.6 Å². The monoisotopic (exact) mass is 495 g/mol. The normalized spacial score (nSPS) is 10.9. The van der Waals surface area contributed by atoms with Crippen LogP contribution in [-0.4, -0.2) is 12.5 Å². The van der Waals surface area contributed by atoms with Crippen molar-refractivity contribution in [2.45, 2.75) is 40.3 Å². The summed E-state index contributed by atoms with van der Waals surface area (Å²) in [5, 5.41) is 8.48. The van der Waals surface area contributed by atoms with E-state index in [2.05, 4.69) is 67.8 Å². The number of amides is 1. The molecule has 0 aliphatic carbocycles. The Balaban J connectivity index is 1.32. The first-order valence-electron chi connectivity index (χ1n) is 12.3. The lowest BCUT2D eigenvalue weighted by Crippen LogP contribution is -2.26. The SMILES string of the molecule is Cc1cc(C)c(CCNC(=O)c2cccc(-c3ccc(C[N]Cc4ccc(Cl)cc4)cc3)c2)c(C)c1. The van der Waals surface area contributed by atoms with Crippen LogP contribution in [0.1, 0.15) is 43.7 Å². The molecule has 36 heavy (non-hydrogen) atoms. The van der Waals surface area contributed by atoms with E-state index in [1.54, 1.807) is 0 Å². The number of nitrogens with zero attached hydrogens (tertiary/aromatic N) is 1. The third-order valence-corrected chi connectivity index (χ3v) is 6.67. The summed E-state index contributed by atoms with van der Waals surface area (Å²) in [7, 11) is 0. The molecule has 0 unspecified atom stereocenters. The molecule has 4 aromatic rings. The van der Waals surface area contributed by atoms with E-state index in [1.165, 1.54) is 22.3 Å². The Morgan fingerprint density at radius 2 is 1.39 bits per heavy atom. The average Bonchev–Trinajstić information content (AvgIpc) is 2.87. The maximum atomic E-state index is 12.8. The second-order valence-electron chi connectivity index (χ2n) is 9.33. The molecule has 1 radical (unpaired) electrons. The van der Waals surface area contributed by atoms with Gasteiger partial charge in [0, 0.05) is 30.2 Å². The molecule has 3 nitrogen and oxygen atoms in total. The van der Waals surface area contributed by atoms with E-state index in [9.17, 15) is 4.79 Å². The molecule has 1 amide bonds. The summed E-state index contributed by atoms with van der Waals surface area (Å²) in [6.45, 7) is 8.33. The van der Waals surface area contributed by atoms with Crippen LogP contribution in [0, 0.1) is 20.8 Å². The second kappa shape index (κ2) is 12.0. The van der Waals surface area contributed by atoms with Crippen LogP contribution >= 0.6 is 11.6 Å². The van der Waals surface area contributed by atoms with Crippen molar-refractivity contribution >= 4 is 17.5 Å². The fourth-order valence-corrected chi connectivity index (χ4v) is 4.68. The highest BCUT2D eigenvalue weighted by molar-refractivity contribution is 6.30. The zero-order chi connectivity index (χ0) is 25.5. The average molecular weight is 496 g/mol. The Morgan fingerprint density at radius 3 is 2.03 bits per heavy atom. The number of hydrogen-bond donors (Lipinski definition) is 1. The predicted octanol–water partition coefficient (Wildman–Crippen LogP) is 7.21. The van der Waals surface area contributed by atoms with Gasteiger partial charge in [-0.25, -0.2) is 5.32 Å². The highest BCUT2D eigenvalue weighted by Gasteiger charge is 2.09. The topological polar surface area (TPSA) is 43.2 Å². The maximum Gasteiger partial charge on any atom is 0.251 e. The van der Waals surface area contributed by atoms with Crippen LogP contribution in [0.15, 0.2) is 84.9 Å². The van der Waals surface area contributed by atoms with Crippen molar-refractivity contribution in [3.8, 4) is 11.1 Å². The molecular formula is C32H32ClN2O. The number of rotatable bonds is 9. The molecule has 4 heteroatoms. The van der Waals surface area contributed by atoms with Gasteiger partial charge in [0.1, 0.15) is 0 Å². The molecule has 0 spiro atoms. The van der Waals surface area contributed by atoms with E-state index in [4.69, 9.17) is 11.6 Å². The molecule has 0 heterocycles. The molecule has 0 atom stereocenters. The van der Waals surface area contributed by atoms with E-state index in [0.717, 1.165) is 33.7 Å². The highest BCUT2D eigenvalue weighted by atomic mass is 35.5. The molecule has 0 aliphatic rings. The molecular weight excluding hydrogens is 464 g/mol. The lowest BCUT2D eigenvalue weighted by Gasteiger charge is -2.12. The van der Waals surface area contributed by atoms with Gasteiger partial charge >= 0.3 is 0 Å². The van der Waals surface area contributed by atoms with Crippen LogP contribution in [0.2, 0.25) is 5.02 Å². The van der Waals surface area contributed by atoms with E-state index in [-0.39, 0.29) is 5.91 Å². The Kier molecular flexibility index (Phi) is 8.58. The zero-order valence-electron chi connectivity index (χ0n) is 21.1. The lowest BCUT2D eigenvalue weighted by molar-refractivity contribution is 0.0954. The molecule has 0 aliphatic heterocycles. The third kappa shape index (κ3) is 6.84. The van der Waals surface area contributed by atoms with Crippen LogP contribution in [0.3, 0.4) is 0 Å². The molecule has 0 fully saturated rings. The summed E-state index contributed by atoms with van der Waals surface area (Å²) >= 11 is 5.94. The van der Waals surface area contributed by atoms with Gasteiger partial charge in [-0.1, -0.05) is 77.8 Å². The molecule has 183 valence electrons. The predicted molar refractivity (Wildman–Crippen MR) is 150 cm³/mol. The third-order valence-electron chi connectivity index (χ3n) is 6.41. The number of benzene rings is 4. The van der Waals surface area contributed by atoms with Crippen LogP contribution in [0.4, 0.5) is 0 Å². The quantitative estimate of drug-likeness (QED) is 0.262. The highest BCUT2D eigenvalue weighted by Crippen LogP contribution is 2.22. The van der Waals surface area contributed by atoms with Crippen molar-refractivity contribution < 1.29 is 4.79 Å². The number of nitrogens with one attached hydrogen (secondary N) is 1. The molecule has 0 saturated carbocycles. The minimum Gasteiger partial charge on any atom is -0.352 e. The van der Waals surface area contributed by atoms with E-state index < -0.39 is 0 Å². The van der Waals surface area contributed by atoms with E-state index in [0.29, 0.717) is 25.2 Å². The number of carbonyl (C=O) groups is 1. The van der Waals surface area contributed by atoms with Crippen molar-refractivity contribution in [1.82, 2.24) is 10.6 Å². The summed E-state index contributed by atoms with van der Waals surface area (Å²) in [6, 6.07) is 28.4.